The molecule has 0 radical (unpaired) electrons. The van der Waals surface area contributed by atoms with Crippen LogP contribution in [-0.2, 0) is 30.0 Å². The number of nitrogens with two attached hydrogens (primary N) is 2. The number of carbonyl (C=O) groups excluding carboxylic acids is 2. The van der Waals surface area contributed by atoms with E-state index in [-0.39, 0.29) is 18.5 Å². The van der Waals surface area contributed by atoms with E-state index in [4.69, 9.17) is 16.6 Å². The van der Waals surface area contributed by atoms with Crippen LogP contribution in [0, 0.1) is 0 Å². The molecule has 0 aliphatic rings. The van der Waals surface area contributed by atoms with Crippen LogP contribution in [-0.4, -0.2) is 57.6 Å². The van der Waals surface area contributed by atoms with Crippen LogP contribution in [0.25, 0.3) is 0 Å². The molecule has 0 fully saturated rings. The van der Waals surface area contributed by atoms with E-state index in [0.717, 1.165) is 5.56 Å². The molecule has 0 heterocycles. The molecule has 30 heavy (non-hydrogen) atoms. The first-order valence-corrected chi connectivity index (χ1v) is 10.1. The zero-order valence-corrected chi connectivity index (χ0v) is 16.6. The number of hydrogen-bond acceptors (Lipinski definition) is 7. The monoisotopic (exact) mass is 446 g/mol. The van der Waals surface area contributed by atoms with Gasteiger partial charge < -0.3 is 31.9 Å². The number of aliphatic carboxylic acids is 2. The van der Waals surface area contributed by atoms with E-state index >= 15 is 0 Å². The molecule has 0 saturated carbocycles. The van der Waals surface area contributed by atoms with Crippen molar-refractivity contribution >= 4 is 31.5 Å². The average molecular weight is 446 g/mol. The third kappa shape index (κ3) is 8.68. The molecule has 0 aliphatic carbocycles. The number of benzene rings is 1. The molecule has 9 N–H and O–H groups in total. The van der Waals surface area contributed by atoms with Crippen molar-refractivity contribution in [1.29, 1.82) is 0 Å². The largest absolute Gasteiger partial charge is 0.480 e. The van der Waals surface area contributed by atoms with Gasteiger partial charge in [0.05, 0.1) is 6.61 Å². The van der Waals surface area contributed by atoms with E-state index in [2.05, 4.69) is 9.84 Å². The van der Waals surface area contributed by atoms with Gasteiger partial charge in [0.15, 0.2) is 6.04 Å². The summed E-state index contributed by atoms with van der Waals surface area (Å²) < 4.78 is 16.7. The standard InChI is InChI=1S/C16H23N4O9P/c17-7-9-1-3-10(4-2-9)14(22)19-12(16(25)26)8-29-30(27,28)20-11(15(23)24)5-6-13(18)21/h1-4,11-12H,5-8,17H2,(H2,18,21)(H,19,22)(H,23,24)(H,25,26)(H2,20,27,28)/t11-,12-/m0/s1. The Hall–Kier alpha value is -2.83. The lowest BCUT2D eigenvalue weighted by atomic mass is 10.1. The third-order valence-corrected chi connectivity index (χ3v) is 4.90. The molecule has 0 saturated heterocycles. The predicted octanol–water partition coefficient (Wildman–Crippen LogP) is -1.25. The maximum atomic E-state index is 12.2. The summed E-state index contributed by atoms with van der Waals surface area (Å²) in [6, 6.07) is 2.64. The van der Waals surface area contributed by atoms with Crippen molar-refractivity contribution < 1.29 is 43.4 Å². The zero-order chi connectivity index (χ0) is 22.9. The number of hydrogen-bond donors (Lipinski definition) is 7. The van der Waals surface area contributed by atoms with E-state index in [1.807, 2.05) is 0 Å². The Balaban J connectivity index is 2.74. The maximum Gasteiger partial charge on any atom is 0.403 e. The Morgan fingerprint density at radius 1 is 1.07 bits per heavy atom. The summed E-state index contributed by atoms with van der Waals surface area (Å²) in [6.45, 7) is -0.687. The van der Waals surface area contributed by atoms with Crippen molar-refractivity contribution in [2.24, 2.45) is 11.5 Å². The predicted molar refractivity (Wildman–Crippen MR) is 102 cm³/mol. The van der Waals surface area contributed by atoms with Crippen LogP contribution in [0.5, 0.6) is 0 Å². The smallest absolute Gasteiger partial charge is 0.403 e. The lowest BCUT2D eigenvalue weighted by Gasteiger charge is -2.21. The summed E-state index contributed by atoms with van der Waals surface area (Å²) in [4.78, 5) is 55.2. The van der Waals surface area contributed by atoms with E-state index in [0.29, 0.717) is 0 Å². The van der Waals surface area contributed by atoms with Crippen molar-refractivity contribution in [2.75, 3.05) is 6.61 Å². The number of carboxylic acid groups (broad SMARTS) is 2. The second-order valence-electron chi connectivity index (χ2n) is 6.11. The van der Waals surface area contributed by atoms with Gasteiger partial charge >= 0.3 is 19.7 Å². The van der Waals surface area contributed by atoms with Crippen molar-refractivity contribution in [1.82, 2.24) is 10.4 Å². The topological polar surface area (TPSA) is 231 Å². The highest BCUT2D eigenvalue weighted by Gasteiger charge is 2.31. The van der Waals surface area contributed by atoms with E-state index < -0.39 is 56.6 Å². The summed E-state index contributed by atoms with van der Waals surface area (Å²) in [5.74, 6) is -4.69. The molecule has 0 aromatic heterocycles. The minimum atomic E-state index is -4.79. The minimum Gasteiger partial charge on any atom is -0.480 e. The van der Waals surface area contributed by atoms with Gasteiger partial charge in [-0.05, 0) is 24.1 Å². The molecule has 1 aromatic carbocycles. The van der Waals surface area contributed by atoms with Crippen LogP contribution < -0.4 is 21.9 Å². The Labute approximate surface area is 171 Å². The van der Waals surface area contributed by atoms with Crippen LogP contribution >= 0.6 is 7.75 Å². The molecule has 13 nitrogen and oxygen atoms in total. The molecule has 1 rings (SSSR count). The molecule has 0 spiro atoms. The SMILES string of the molecule is NCc1ccc(C(=O)N[C@@H](COP(=O)(O)N[C@@H](CCC(N)=O)C(=O)O)C(=O)O)cc1. The lowest BCUT2D eigenvalue weighted by Crippen LogP contribution is -2.44. The molecule has 1 aromatic rings. The second kappa shape index (κ2) is 11.4. The molecule has 1 unspecified atom stereocenters. The lowest BCUT2D eigenvalue weighted by molar-refractivity contribution is -0.141. The van der Waals surface area contributed by atoms with Gasteiger partial charge in [-0.25, -0.2) is 14.4 Å². The zero-order valence-electron chi connectivity index (χ0n) is 15.7. The summed E-state index contributed by atoms with van der Waals surface area (Å²) in [6.07, 6.45) is -0.767. The number of primary amides is 1. The van der Waals surface area contributed by atoms with Gasteiger partial charge in [0, 0.05) is 18.5 Å². The molecule has 166 valence electrons. The highest BCUT2D eigenvalue weighted by Crippen LogP contribution is 2.38. The van der Waals surface area contributed by atoms with E-state index in [1.54, 1.807) is 17.2 Å². The fourth-order valence-electron chi connectivity index (χ4n) is 2.15. The van der Waals surface area contributed by atoms with E-state index in [1.165, 1.54) is 12.1 Å². The summed E-state index contributed by atoms with van der Waals surface area (Å²) in [7, 11) is -4.79. The van der Waals surface area contributed by atoms with Crippen molar-refractivity contribution in [3.63, 3.8) is 0 Å². The highest BCUT2D eigenvalue weighted by molar-refractivity contribution is 7.50. The average Bonchev–Trinajstić information content (AvgIpc) is 2.67. The van der Waals surface area contributed by atoms with Crippen LogP contribution in [0.4, 0.5) is 0 Å². The fourth-order valence-corrected chi connectivity index (χ4v) is 3.21. The molecular formula is C16H23N4O9P. The maximum absolute atomic E-state index is 12.2. The molecule has 0 aliphatic heterocycles. The highest BCUT2D eigenvalue weighted by atomic mass is 31.2. The number of nitrogens with one attached hydrogen (secondary N) is 2. The first-order chi connectivity index (χ1) is 13.9. The van der Waals surface area contributed by atoms with Gasteiger partial charge in [-0.1, -0.05) is 12.1 Å². The Bertz CT molecular complexity index is 831. The summed E-state index contributed by atoms with van der Waals surface area (Å²) in [5.41, 5.74) is 11.2. The van der Waals surface area contributed by atoms with Crippen molar-refractivity contribution in [2.45, 2.75) is 31.5 Å². The Kier molecular flexibility index (Phi) is 9.56. The van der Waals surface area contributed by atoms with E-state index in [9.17, 15) is 33.7 Å². The van der Waals surface area contributed by atoms with Crippen LogP contribution in [0.3, 0.4) is 0 Å². The Morgan fingerprint density at radius 3 is 2.10 bits per heavy atom. The number of rotatable bonds is 13. The first-order valence-electron chi connectivity index (χ1n) is 8.54. The van der Waals surface area contributed by atoms with Gasteiger partial charge in [-0.3, -0.25) is 18.9 Å². The van der Waals surface area contributed by atoms with Crippen molar-refractivity contribution in [3.05, 3.63) is 35.4 Å². The second-order valence-corrected chi connectivity index (χ2v) is 7.66. The van der Waals surface area contributed by atoms with Crippen LogP contribution in [0.15, 0.2) is 24.3 Å². The molecule has 14 heteroatoms. The molecule has 3 atom stereocenters. The van der Waals surface area contributed by atoms with Gasteiger partial charge in [-0.2, -0.15) is 0 Å². The summed E-state index contributed by atoms with van der Waals surface area (Å²) >= 11 is 0. The van der Waals surface area contributed by atoms with Gasteiger partial charge in [0.25, 0.3) is 5.91 Å². The molecule has 2 amide bonds. The van der Waals surface area contributed by atoms with Gasteiger partial charge in [0.1, 0.15) is 6.04 Å². The van der Waals surface area contributed by atoms with Crippen LogP contribution in [0.1, 0.15) is 28.8 Å². The number of amides is 2. The molecule has 0 bridgehead atoms. The minimum absolute atomic E-state index is 0.126. The van der Waals surface area contributed by atoms with Crippen LogP contribution in [0.2, 0.25) is 0 Å². The third-order valence-electron chi connectivity index (χ3n) is 3.77. The normalized spacial score (nSPS) is 14.9. The van der Waals surface area contributed by atoms with Gasteiger partial charge in [-0.15, -0.1) is 0 Å². The fraction of sp³-hybridized carbons (Fsp3) is 0.375. The van der Waals surface area contributed by atoms with Gasteiger partial charge in [0.2, 0.25) is 5.91 Å². The first kappa shape index (κ1) is 25.2. The van der Waals surface area contributed by atoms with Crippen molar-refractivity contribution in [3.8, 4) is 0 Å². The quantitative estimate of drug-likeness (QED) is 0.177. The summed E-state index contributed by atoms with van der Waals surface area (Å²) in [5, 5.41) is 22.2. The number of carboxylic acids is 2. The number of carbonyl (C=O) groups is 4. The Morgan fingerprint density at radius 2 is 1.63 bits per heavy atom. The molecular weight excluding hydrogens is 423 g/mol.